The van der Waals surface area contributed by atoms with E-state index >= 15 is 0 Å². The summed E-state index contributed by atoms with van der Waals surface area (Å²) in [6.07, 6.45) is 4.02. The number of carbonyl (C=O) groups excluding carboxylic acids is 1. The number of aryl methyl sites for hydroxylation is 1. The van der Waals surface area contributed by atoms with Gasteiger partial charge in [-0.25, -0.2) is 0 Å². The number of rotatable bonds is 7. The topological polar surface area (TPSA) is 82.6 Å². The molecule has 1 amide bonds. The molecule has 0 radical (unpaired) electrons. The first-order valence-electron chi connectivity index (χ1n) is 8.41. The molecule has 7 heteroatoms. The smallest absolute Gasteiger partial charge is 0.255 e. The van der Waals surface area contributed by atoms with Crippen LogP contribution in [0.3, 0.4) is 0 Å². The standard InChI is InChI=1S/C18H24N4O3/c1-14-8-20-22(9-14)12-17-11-21(5-6-24-17)10-15-3-2-4-16(7-15)25-13-18(19)23/h2-4,7-9,17H,5-6,10-13H2,1H3,(H2,19,23). The molecule has 1 aromatic heterocycles. The van der Waals surface area contributed by atoms with Crippen molar-refractivity contribution < 1.29 is 14.3 Å². The van der Waals surface area contributed by atoms with Crippen molar-refractivity contribution in [2.24, 2.45) is 5.73 Å². The van der Waals surface area contributed by atoms with Crippen LogP contribution in [0.25, 0.3) is 0 Å². The number of hydrogen-bond acceptors (Lipinski definition) is 5. The van der Waals surface area contributed by atoms with Gasteiger partial charge in [0.2, 0.25) is 0 Å². The number of amides is 1. The maximum Gasteiger partial charge on any atom is 0.255 e. The Morgan fingerprint density at radius 3 is 3.12 bits per heavy atom. The molecule has 2 N–H and O–H groups in total. The van der Waals surface area contributed by atoms with Crippen LogP contribution in [-0.4, -0.2) is 53.0 Å². The van der Waals surface area contributed by atoms with E-state index in [0.29, 0.717) is 12.4 Å². The van der Waals surface area contributed by atoms with Gasteiger partial charge in [-0.15, -0.1) is 0 Å². The SMILES string of the molecule is Cc1cnn(CC2CN(Cc3cccc(OCC(N)=O)c3)CCO2)c1. The van der Waals surface area contributed by atoms with Crippen LogP contribution in [-0.2, 0) is 22.6 Å². The fourth-order valence-electron chi connectivity index (χ4n) is 2.96. The van der Waals surface area contributed by atoms with Crippen molar-refractivity contribution in [2.75, 3.05) is 26.3 Å². The molecule has 0 bridgehead atoms. The maximum atomic E-state index is 10.8. The van der Waals surface area contributed by atoms with Gasteiger partial charge in [0.25, 0.3) is 5.91 Å². The lowest BCUT2D eigenvalue weighted by Crippen LogP contribution is -2.43. The highest BCUT2D eigenvalue weighted by atomic mass is 16.5. The molecule has 0 saturated carbocycles. The average Bonchev–Trinajstić information content (AvgIpc) is 2.98. The quantitative estimate of drug-likeness (QED) is 0.809. The summed E-state index contributed by atoms with van der Waals surface area (Å²) in [5.41, 5.74) is 7.40. The Morgan fingerprint density at radius 2 is 2.36 bits per heavy atom. The first-order valence-corrected chi connectivity index (χ1v) is 8.41. The molecule has 1 atom stereocenters. The highest BCUT2D eigenvalue weighted by molar-refractivity contribution is 5.75. The number of nitrogens with zero attached hydrogens (tertiary/aromatic N) is 3. The minimum absolute atomic E-state index is 0.105. The van der Waals surface area contributed by atoms with Gasteiger partial charge in [0.15, 0.2) is 6.61 Å². The van der Waals surface area contributed by atoms with E-state index in [1.165, 1.54) is 0 Å². The molecule has 1 unspecified atom stereocenters. The summed E-state index contributed by atoms with van der Waals surface area (Å²) < 4.78 is 13.2. The molecule has 1 aromatic carbocycles. The third-order valence-corrected chi connectivity index (χ3v) is 4.06. The monoisotopic (exact) mass is 344 g/mol. The molecule has 1 aliphatic heterocycles. The normalized spacial score (nSPS) is 18.2. The van der Waals surface area contributed by atoms with E-state index in [1.54, 1.807) is 0 Å². The van der Waals surface area contributed by atoms with E-state index in [9.17, 15) is 4.79 Å². The number of nitrogens with two attached hydrogens (primary N) is 1. The summed E-state index contributed by atoms with van der Waals surface area (Å²) in [7, 11) is 0. The summed E-state index contributed by atoms with van der Waals surface area (Å²) in [5.74, 6) is 0.184. The first kappa shape index (κ1) is 17.4. The van der Waals surface area contributed by atoms with Gasteiger partial charge in [0, 0.05) is 25.8 Å². The molecule has 0 aliphatic carbocycles. The fourth-order valence-corrected chi connectivity index (χ4v) is 2.96. The number of hydrogen-bond donors (Lipinski definition) is 1. The summed E-state index contributed by atoms with van der Waals surface area (Å²) in [6, 6.07) is 7.76. The van der Waals surface area contributed by atoms with Crippen LogP contribution in [0, 0.1) is 6.92 Å². The molecule has 1 fully saturated rings. The van der Waals surface area contributed by atoms with E-state index in [-0.39, 0.29) is 12.7 Å². The number of aromatic nitrogens is 2. The van der Waals surface area contributed by atoms with Crippen molar-refractivity contribution in [3.8, 4) is 5.75 Å². The van der Waals surface area contributed by atoms with Crippen molar-refractivity contribution in [3.05, 3.63) is 47.8 Å². The van der Waals surface area contributed by atoms with Crippen LogP contribution < -0.4 is 10.5 Å². The Hall–Kier alpha value is -2.38. The second kappa shape index (κ2) is 8.13. The number of benzene rings is 1. The highest BCUT2D eigenvalue weighted by Crippen LogP contribution is 2.17. The second-order valence-electron chi connectivity index (χ2n) is 6.37. The molecular weight excluding hydrogens is 320 g/mol. The van der Waals surface area contributed by atoms with Gasteiger partial charge in [-0.2, -0.15) is 5.10 Å². The van der Waals surface area contributed by atoms with Gasteiger partial charge in [-0.3, -0.25) is 14.4 Å². The Morgan fingerprint density at radius 1 is 1.48 bits per heavy atom. The molecular formula is C18H24N4O3. The average molecular weight is 344 g/mol. The summed E-state index contributed by atoms with van der Waals surface area (Å²) in [5, 5.41) is 4.33. The number of carbonyl (C=O) groups is 1. The number of primary amides is 1. The summed E-state index contributed by atoms with van der Waals surface area (Å²) >= 11 is 0. The van der Waals surface area contributed by atoms with Crippen LogP contribution in [0.4, 0.5) is 0 Å². The molecule has 1 aliphatic rings. The molecule has 2 aromatic rings. The Balaban J connectivity index is 1.55. The summed E-state index contributed by atoms with van der Waals surface area (Å²) in [6.45, 7) is 5.95. The van der Waals surface area contributed by atoms with Crippen LogP contribution in [0.1, 0.15) is 11.1 Å². The predicted molar refractivity (Wildman–Crippen MR) is 93.1 cm³/mol. The zero-order valence-electron chi connectivity index (χ0n) is 14.4. The predicted octanol–water partition coefficient (Wildman–Crippen LogP) is 0.957. The molecule has 3 rings (SSSR count). The fraction of sp³-hybridized carbons (Fsp3) is 0.444. The lowest BCUT2D eigenvalue weighted by Gasteiger charge is -2.33. The third kappa shape index (κ3) is 5.30. The van der Waals surface area contributed by atoms with E-state index in [2.05, 4.69) is 16.1 Å². The van der Waals surface area contributed by atoms with Crippen molar-refractivity contribution in [3.63, 3.8) is 0 Å². The van der Waals surface area contributed by atoms with E-state index in [1.807, 2.05) is 42.2 Å². The van der Waals surface area contributed by atoms with E-state index in [4.69, 9.17) is 15.2 Å². The van der Waals surface area contributed by atoms with Crippen molar-refractivity contribution in [2.45, 2.75) is 26.1 Å². The lowest BCUT2D eigenvalue weighted by atomic mass is 10.1. The van der Waals surface area contributed by atoms with Gasteiger partial charge in [-0.05, 0) is 30.2 Å². The zero-order chi connectivity index (χ0) is 17.6. The van der Waals surface area contributed by atoms with Crippen LogP contribution in [0.15, 0.2) is 36.7 Å². The van der Waals surface area contributed by atoms with Gasteiger partial charge in [0.05, 0.1) is 25.5 Å². The lowest BCUT2D eigenvalue weighted by molar-refractivity contribution is -0.119. The molecule has 0 spiro atoms. The van der Waals surface area contributed by atoms with E-state index < -0.39 is 5.91 Å². The first-order chi connectivity index (χ1) is 12.1. The zero-order valence-corrected chi connectivity index (χ0v) is 14.4. The van der Waals surface area contributed by atoms with Crippen LogP contribution in [0.2, 0.25) is 0 Å². The minimum atomic E-state index is -0.477. The van der Waals surface area contributed by atoms with Gasteiger partial charge < -0.3 is 15.2 Å². The Bertz CT molecular complexity index is 716. The number of ether oxygens (including phenoxy) is 2. The number of morpholine rings is 1. The Kier molecular flexibility index (Phi) is 5.67. The van der Waals surface area contributed by atoms with Gasteiger partial charge in [0.1, 0.15) is 5.75 Å². The van der Waals surface area contributed by atoms with E-state index in [0.717, 1.165) is 37.3 Å². The molecule has 1 saturated heterocycles. The molecule has 134 valence electrons. The summed E-state index contributed by atoms with van der Waals surface area (Å²) in [4.78, 5) is 13.2. The molecule has 7 nitrogen and oxygen atoms in total. The van der Waals surface area contributed by atoms with Crippen LogP contribution in [0.5, 0.6) is 5.75 Å². The van der Waals surface area contributed by atoms with Crippen LogP contribution >= 0.6 is 0 Å². The third-order valence-electron chi connectivity index (χ3n) is 4.06. The molecule has 25 heavy (non-hydrogen) atoms. The van der Waals surface area contributed by atoms with Gasteiger partial charge >= 0.3 is 0 Å². The highest BCUT2D eigenvalue weighted by Gasteiger charge is 2.21. The minimum Gasteiger partial charge on any atom is -0.484 e. The largest absolute Gasteiger partial charge is 0.484 e. The van der Waals surface area contributed by atoms with Crippen molar-refractivity contribution in [1.29, 1.82) is 0 Å². The van der Waals surface area contributed by atoms with Crippen molar-refractivity contribution in [1.82, 2.24) is 14.7 Å². The molecule has 2 heterocycles. The second-order valence-corrected chi connectivity index (χ2v) is 6.37. The van der Waals surface area contributed by atoms with Gasteiger partial charge in [-0.1, -0.05) is 12.1 Å². The van der Waals surface area contributed by atoms with Crippen molar-refractivity contribution >= 4 is 5.91 Å². The maximum absolute atomic E-state index is 10.8. The Labute approximate surface area is 147 Å².